The molecule has 0 N–H and O–H groups in total. The Labute approximate surface area is 119 Å². The molecule has 0 saturated heterocycles. The van der Waals surface area contributed by atoms with Crippen LogP contribution in [-0.4, -0.2) is 14.2 Å². The molecular formula is C18H14O2. The predicted octanol–water partition coefficient (Wildman–Crippen LogP) is 3.08. The first-order valence-electron chi connectivity index (χ1n) is 6.08. The normalized spacial score (nSPS) is 9.05. The number of rotatable bonds is 2. The van der Waals surface area contributed by atoms with Gasteiger partial charge in [0.2, 0.25) is 0 Å². The van der Waals surface area contributed by atoms with Gasteiger partial charge < -0.3 is 9.47 Å². The number of terminal acetylenes is 1. The van der Waals surface area contributed by atoms with Gasteiger partial charge in [-0.2, -0.15) is 0 Å². The average Bonchev–Trinajstić information content (AvgIpc) is 2.52. The number of ether oxygens (including phenoxy) is 2. The van der Waals surface area contributed by atoms with E-state index in [1.54, 1.807) is 26.4 Å². The molecule has 0 atom stereocenters. The maximum absolute atomic E-state index is 5.52. The van der Waals surface area contributed by atoms with Crippen LogP contribution in [0.3, 0.4) is 0 Å². The summed E-state index contributed by atoms with van der Waals surface area (Å²) in [4.78, 5) is 0. The molecule has 2 rings (SSSR count). The fraction of sp³-hybridized carbons (Fsp3) is 0.111. The van der Waals surface area contributed by atoms with Gasteiger partial charge in [0.05, 0.1) is 14.2 Å². The summed E-state index contributed by atoms with van der Waals surface area (Å²) in [7, 11) is 3.16. The van der Waals surface area contributed by atoms with E-state index in [-0.39, 0.29) is 0 Å². The number of hydrogen-bond acceptors (Lipinski definition) is 2. The largest absolute Gasteiger partial charge is 0.493 e. The summed E-state index contributed by atoms with van der Waals surface area (Å²) in [5, 5.41) is 0. The Morgan fingerprint density at radius 3 is 2.00 bits per heavy atom. The van der Waals surface area contributed by atoms with Crippen LogP contribution in [0, 0.1) is 24.2 Å². The third-order valence-corrected chi connectivity index (χ3v) is 2.79. The smallest absolute Gasteiger partial charge is 0.162 e. The molecule has 0 aliphatic heterocycles. The van der Waals surface area contributed by atoms with Gasteiger partial charge in [0.15, 0.2) is 11.5 Å². The lowest BCUT2D eigenvalue weighted by Crippen LogP contribution is -1.94. The zero-order chi connectivity index (χ0) is 14.4. The minimum Gasteiger partial charge on any atom is -0.493 e. The third kappa shape index (κ3) is 2.94. The van der Waals surface area contributed by atoms with E-state index in [0.717, 1.165) is 11.1 Å². The highest BCUT2D eigenvalue weighted by molar-refractivity contribution is 5.59. The number of hydrogen-bond donors (Lipinski definition) is 0. The highest BCUT2D eigenvalue weighted by Crippen LogP contribution is 2.29. The summed E-state index contributed by atoms with van der Waals surface area (Å²) in [6, 6.07) is 13.3. The SMILES string of the molecule is C#Cc1cc(OC)c(OC)cc1C#Cc1ccccc1. The van der Waals surface area contributed by atoms with Crippen molar-refractivity contribution in [3.05, 3.63) is 59.2 Å². The summed E-state index contributed by atoms with van der Waals surface area (Å²) in [5.74, 6) is 10.00. The Kier molecular flexibility index (Phi) is 4.32. The molecule has 0 heterocycles. The number of methoxy groups -OCH3 is 2. The second-order valence-corrected chi connectivity index (χ2v) is 4.01. The van der Waals surface area contributed by atoms with Crippen molar-refractivity contribution in [1.82, 2.24) is 0 Å². The first-order chi connectivity index (χ1) is 9.78. The molecule has 0 amide bonds. The molecule has 2 aromatic carbocycles. The van der Waals surface area contributed by atoms with E-state index in [9.17, 15) is 0 Å². The van der Waals surface area contributed by atoms with Crippen LogP contribution in [0.25, 0.3) is 0 Å². The summed E-state index contributed by atoms with van der Waals surface area (Å²) >= 11 is 0. The number of benzene rings is 2. The van der Waals surface area contributed by atoms with Crippen LogP contribution < -0.4 is 9.47 Å². The van der Waals surface area contributed by atoms with Gasteiger partial charge in [0.1, 0.15) is 0 Å². The Bertz CT molecular complexity index is 698. The predicted molar refractivity (Wildman–Crippen MR) is 79.9 cm³/mol. The Morgan fingerprint density at radius 1 is 0.850 bits per heavy atom. The van der Waals surface area contributed by atoms with E-state index in [1.165, 1.54) is 0 Å². The van der Waals surface area contributed by atoms with E-state index < -0.39 is 0 Å². The summed E-state index contributed by atoms with van der Waals surface area (Å²) in [6.07, 6.45) is 5.52. The quantitative estimate of drug-likeness (QED) is 0.774. The molecule has 0 aromatic heterocycles. The fourth-order valence-electron chi connectivity index (χ4n) is 1.76. The minimum absolute atomic E-state index is 0.603. The van der Waals surface area contributed by atoms with E-state index in [2.05, 4.69) is 17.8 Å². The van der Waals surface area contributed by atoms with Gasteiger partial charge in [-0.15, -0.1) is 6.42 Å². The van der Waals surface area contributed by atoms with Gasteiger partial charge >= 0.3 is 0 Å². The van der Waals surface area contributed by atoms with Crippen molar-refractivity contribution in [2.75, 3.05) is 14.2 Å². The van der Waals surface area contributed by atoms with Crippen molar-refractivity contribution in [2.24, 2.45) is 0 Å². The van der Waals surface area contributed by atoms with Crippen LogP contribution in [0.1, 0.15) is 16.7 Å². The highest BCUT2D eigenvalue weighted by Gasteiger charge is 2.08. The third-order valence-electron chi connectivity index (χ3n) is 2.79. The van der Waals surface area contributed by atoms with E-state index in [1.807, 2.05) is 30.3 Å². The van der Waals surface area contributed by atoms with Crippen LogP contribution in [0.2, 0.25) is 0 Å². The maximum Gasteiger partial charge on any atom is 0.162 e. The first kappa shape index (κ1) is 13.6. The standard InChI is InChI=1S/C18H14O2/c1-4-15-12-17(19-2)18(20-3)13-16(15)11-10-14-8-6-5-7-9-14/h1,5-9,12-13H,2-3H3. The molecule has 2 aromatic rings. The van der Waals surface area contributed by atoms with Crippen LogP contribution in [0.5, 0.6) is 11.5 Å². The van der Waals surface area contributed by atoms with E-state index in [0.29, 0.717) is 17.1 Å². The summed E-state index contributed by atoms with van der Waals surface area (Å²) in [5.41, 5.74) is 2.37. The molecule has 0 fully saturated rings. The topological polar surface area (TPSA) is 18.5 Å². The van der Waals surface area contributed by atoms with Gasteiger partial charge in [-0.05, 0) is 12.1 Å². The second kappa shape index (κ2) is 6.36. The molecule has 0 radical (unpaired) electrons. The zero-order valence-corrected chi connectivity index (χ0v) is 11.4. The van der Waals surface area contributed by atoms with E-state index in [4.69, 9.17) is 15.9 Å². The summed E-state index contributed by atoms with van der Waals surface area (Å²) < 4.78 is 10.5. The Morgan fingerprint density at radius 2 is 1.45 bits per heavy atom. The molecule has 98 valence electrons. The van der Waals surface area contributed by atoms with Crippen molar-refractivity contribution in [1.29, 1.82) is 0 Å². The average molecular weight is 262 g/mol. The van der Waals surface area contributed by atoms with Crippen LogP contribution in [0.4, 0.5) is 0 Å². The minimum atomic E-state index is 0.603. The zero-order valence-electron chi connectivity index (χ0n) is 11.4. The maximum atomic E-state index is 5.52. The van der Waals surface area contributed by atoms with Crippen molar-refractivity contribution in [3.63, 3.8) is 0 Å². The van der Waals surface area contributed by atoms with Crippen LogP contribution in [0.15, 0.2) is 42.5 Å². The van der Waals surface area contributed by atoms with Gasteiger partial charge in [-0.1, -0.05) is 36.0 Å². The Balaban J connectivity index is 2.47. The molecule has 0 aliphatic rings. The molecule has 2 heteroatoms. The molecule has 0 bridgehead atoms. The molecule has 0 unspecified atom stereocenters. The lowest BCUT2D eigenvalue weighted by molar-refractivity contribution is 0.355. The van der Waals surface area contributed by atoms with Crippen LogP contribution in [-0.2, 0) is 0 Å². The van der Waals surface area contributed by atoms with Crippen molar-refractivity contribution in [3.8, 4) is 35.7 Å². The summed E-state index contributed by atoms with van der Waals surface area (Å²) in [6.45, 7) is 0. The van der Waals surface area contributed by atoms with Crippen molar-refractivity contribution >= 4 is 0 Å². The highest BCUT2D eigenvalue weighted by atomic mass is 16.5. The molecule has 2 nitrogen and oxygen atoms in total. The molecule has 0 saturated carbocycles. The van der Waals surface area contributed by atoms with Gasteiger partial charge in [-0.3, -0.25) is 0 Å². The van der Waals surface area contributed by atoms with Gasteiger partial charge in [0, 0.05) is 28.8 Å². The van der Waals surface area contributed by atoms with Crippen LogP contribution >= 0.6 is 0 Å². The lowest BCUT2D eigenvalue weighted by Gasteiger charge is -2.09. The fourth-order valence-corrected chi connectivity index (χ4v) is 1.76. The monoisotopic (exact) mass is 262 g/mol. The van der Waals surface area contributed by atoms with Crippen molar-refractivity contribution in [2.45, 2.75) is 0 Å². The molecule has 20 heavy (non-hydrogen) atoms. The first-order valence-corrected chi connectivity index (χ1v) is 6.08. The Hall–Kier alpha value is -2.84. The second-order valence-electron chi connectivity index (χ2n) is 4.01. The molecular weight excluding hydrogens is 248 g/mol. The van der Waals surface area contributed by atoms with Gasteiger partial charge in [-0.25, -0.2) is 0 Å². The molecule has 0 spiro atoms. The molecule has 0 aliphatic carbocycles. The van der Waals surface area contributed by atoms with E-state index >= 15 is 0 Å². The lowest BCUT2D eigenvalue weighted by atomic mass is 10.1. The van der Waals surface area contributed by atoms with Gasteiger partial charge in [0.25, 0.3) is 0 Å². The van der Waals surface area contributed by atoms with Crippen molar-refractivity contribution < 1.29 is 9.47 Å².